The molecule has 0 unspecified atom stereocenters. The van der Waals surface area contributed by atoms with Crippen molar-refractivity contribution in [3.05, 3.63) is 60.6 Å². The van der Waals surface area contributed by atoms with Gasteiger partial charge in [0.1, 0.15) is 10.7 Å². The Hall–Kier alpha value is -2.63. The minimum absolute atomic E-state index is 0.158. The smallest absolute Gasteiger partial charge is 0.289 e. The molecule has 0 radical (unpaired) electrons. The number of piperazine rings is 1. The van der Waals surface area contributed by atoms with Crippen LogP contribution in [0, 0.1) is 0 Å². The molecule has 0 aliphatic carbocycles. The zero-order valence-corrected chi connectivity index (χ0v) is 18.0. The highest BCUT2D eigenvalue weighted by molar-refractivity contribution is 7.98. The topological polar surface area (TPSA) is 102 Å². The molecule has 9 nitrogen and oxygen atoms in total. The first kappa shape index (κ1) is 20.6. The van der Waals surface area contributed by atoms with Gasteiger partial charge in [0, 0.05) is 58.0 Å². The number of nitrogens with zero attached hydrogens (tertiary/aromatic N) is 5. The second-order valence-electron chi connectivity index (χ2n) is 6.76. The van der Waals surface area contributed by atoms with Crippen LogP contribution in [0.25, 0.3) is 0 Å². The monoisotopic (exact) mass is 447 g/mol. The third-order valence-corrected chi connectivity index (χ3v) is 7.75. The van der Waals surface area contributed by atoms with Crippen LogP contribution < -0.4 is 0 Å². The van der Waals surface area contributed by atoms with E-state index in [0.29, 0.717) is 24.6 Å². The summed E-state index contributed by atoms with van der Waals surface area (Å²) in [7, 11) is -1.69. The van der Waals surface area contributed by atoms with Crippen LogP contribution in [0.3, 0.4) is 0 Å². The van der Waals surface area contributed by atoms with Crippen molar-refractivity contribution in [1.29, 1.82) is 0 Å². The molecule has 30 heavy (non-hydrogen) atoms. The number of carbonyl (C=O) groups excluding carboxylic acids is 1. The summed E-state index contributed by atoms with van der Waals surface area (Å²) in [5.41, 5.74) is 0. The zero-order valence-electron chi connectivity index (χ0n) is 16.3. The molecule has 4 rings (SSSR count). The van der Waals surface area contributed by atoms with Crippen molar-refractivity contribution in [2.24, 2.45) is 7.05 Å². The number of thioether (sulfide) groups is 1. The van der Waals surface area contributed by atoms with Crippen LogP contribution in [0.2, 0.25) is 0 Å². The van der Waals surface area contributed by atoms with Crippen LogP contribution in [-0.2, 0) is 22.8 Å². The number of amides is 1. The molecule has 0 saturated carbocycles. The summed E-state index contributed by atoms with van der Waals surface area (Å²) < 4.78 is 34.4. The Morgan fingerprint density at radius 3 is 2.63 bits per heavy atom. The van der Waals surface area contributed by atoms with Gasteiger partial charge in [-0.1, -0.05) is 11.8 Å². The van der Waals surface area contributed by atoms with E-state index in [2.05, 4.69) is 9.97 Å². The van der Waals surface area contributed by atoms with Crippen molar-refractivity contribution in [2.45, 2.75) is 15.8 Å². The summed E-state index contributed by atoms with van der Waals surface area (Å²) in [6, 6.07) is 6.56. The van der Waals surface area contributed by atoms with Crippen LogP contribution in [-0.4, -0.2) is 64.2 Å². The summed E-state index contributed by atoms with van der Waals surface area (Å²) >= 11 is 1.52. The number of hydrogen-bond acceptors (Lipinski definition) is 7. The molecule has 11 heteroatoms. The maximum atomic E-state index is 12.8. The fraction of sp³-hybridized carbons (Fsp3) is 0.316. The van der Waals surface area contributed by atoms with Crippen molar-refractivity contribution in [1.82, 2.24) is 23.7 Å². The van der Waals surface area contributed by atoms with Gasteiger partial charge >= 0.3 is 0 Å². The molecule has 1 aliphatic rings. The molecule has 158 valence electrons. The van der Waals surface area contributed by atoms with Gasteiger partial charge in [0.25, 0.3) is 5.91 Å². The van der Waals surface area contributed by atoms with E-state index in [0.717, 1.165) is 5.16 Å². The first-order chi connectivity index (χ1) is 14.4. The van der Waals surface area contributed by atoms with Gasteiger partial charge in [0.05, 0.1) is 5.75 Å². The molecule has 4 heterocycles. The number of aryl methyl sites for hydroxylation is 1. The summed E-state index contributed by atoms with van der Waals surface area (Å²) in [5, 5.41) is 0.866. The van der Waals surface area contributed by atoms with E-state index in [1.54, 1.807) is 29.3 Å². The average molecular weight is 448 g/mol. The van der Waals surface area contributed by atoms with E-state index in [1.807, 2.05) is 17.8 Å². The molecule has 0 N–H and O–H groups in total. The van der Waals surface area contributed by atoms with Gasteiger partial charge in [0.15, 0.2) is 10.9 Å². The molecule has 0 aromatic carbocycles. The highest BCUT2D eigenvalue weighted by Gasteiger charge is 2.31. The number of rotatable bonds is 6. The predicted molar refractivity (Wildman–Crippen MR) is 110 cm³/mol. The SMILES string of the molecule is Cn1ccnc1SCc1ccc(C(=O)N2CCN(S(=O)(=O)c3cccnc3)CC2)o1. The Kier molecular flexibility index (Phi) is 5.93. The summed E-state index contributed by atoms with van der Waals surface area (Å²) in [6.45, 7) is 1.06. The van der Waals surface area contributed by atoms with Crippen LogP contribution in [0.5, 0.6) is 0 Å². The van der Waals surface area contributed by atoms with Crippen LogP contribution in [0.1, 0.15) is 16.3 Å². The zero-order chi connectivity index (χ0) is 21.1. The average Bonchev–Trinajstić information content (AvgIpc) is 3.41. The normalized spacial score (nSPS) is 15.4. The van der Waals surface area contributed by atoms with Crippen molar-refractivity contribution in [2.75, 3.05) is 26.2 Å². The van der Waals surface area contributed by atoms with Crippen molar-refractivity contribution in [3.8, 4) is 0 Å². The number of imidazole rings is 1. The van der Waals surface area contributed by atoms with Crippen molar-refractivity contribution >= 4 is 27.7 Å². The maximum Gasteiger partial charge on any atom is 0.289 e. The van der Waals surface area contributed by atoms with Crippen molar-refractivity contribution in [3.63, 3.8) is 0 Å². The van der Waals surface area contributed by atoms with Crippen LogP contribution >= 0.6 is 11.8 Å². The molecular weight excluding hydrogens is 426 g/mol. The molecule has 1 aliphatic heterocycles. The van der Waals surface area contributed by atoms with Gasteiger partial charge in [-0.25, -0.2) is 13.4 Å². The molecule has 1 fully saturated rings. The van der Waals surface area contributed by atoms with Crippen LogP contribution in [0.15, 0.2) is 63.5 Å². The van der Waals surface area contributed by atoms with E-state index < -0.39 is 10.0 Å². The summed E-state index contributed by atoms with van der Waals surface area (Å²) in [6.07, 6.45) is 6.46. The van der Waals surface area contributed by atoms with E-state index in [9.17, 15) is 13.2 Å². The van der Waals surface area contributed by atoms with Crippen LogP contribution in [0.4, 0.5) is 0 Å². The molecule has 0 bridgehead atoms. The minimum atomic E-state index is -3.61. The lowest BCUT2D eigenvalue weighted by molar-refractivity contribution is 0.0664. The number of carbonyl (C=O) groups is 1. The molecule has 3 aromatic rings. The Morgan fingerprint density at radius 1 is 1.17 bits per heavy atom. The van der Waals surface area contributed by atoms with Crippen molar-refractivity contribution < 1.29 is 17.6 Å². The summed E-state index contributed by atoms with van der Waals surface area (Å²) in [5.74, 6) is 1.27. The molecular formula is C19H21N5O4S2. The Bertz CT molecular complexity index is 1120. The fourth-order valence-corrected chi connectivity index (χ4v) is 5.35. The molecule has 0 atom stereocenters. The quantitative estimate of drug-likeness (QED) is 0.532. The third kappa shape index (κ3) is 4.27. The lowest BCUT2D eigenvalue weighted by Crippen LogP contribution is -2.50. The number of pyridine rings is 1. The third-order valence-electron chi connectivity index (χ3n) is 4.79. The molecule has 1 saturated heterocycles. The second kappa shape index (κ2) is 8.62. The Balaban J connectivity index is 1.34. The molecule has 3 aromatic heterocycles. The Labute approximate surface area is 178 Å². The molecule has 1 amide bonds. The van der Waals surface area contributed by atoms with E-state index in [1.165, 1.54) is 34.5 Å². The number of hydrogen-bond donors (Lipinski definition) is 0. The van der Waals surface area contributed by atoms with E-state index in [-0.39, 0.29) is 29.7 Å². The summed E-state index contributed by atoms with van der Waals surface area (Å²) in [4.78, 5) is 22.7. The largest absolute Gasteiger partial charge is 0.455 e. The number of sulfonamides is 1. The van der Waals surface area contributed by atoms with E-state index in [4.69, 9.17) is 4.42 Å². The standard InChI is InChI=1S/C19H21N5O4S2/c1-22-8-7-21-19(22)29-14-15-4-5-17(28-15)18(25)23-9-11-24(12-10-23)30(26,27)16-3-2-6-20-13-16/h2-8,13H,9-12,14H2,1H3. The molecule has 0 spiro atoms. The maximum absolute atomic E-state index is 12.8. The number of aromatic nitrogens is 3. The highest BCUT2D eigenvalue weighted by Crippen LogP contribution is 2.23. The first-order valence-electron chi connectivity index (χ1n) is 9.33. The van der Waals surface area contributed by atoms with Gasteiger partial charge < -0.3 is 13.9 Å². The lowest BCUT2D eigenvalue weighted by atomic mass is 10.3. The second-order valence-corrected chi connectivity index (χ2v) is 9.64. The fourth-order valence-electron chi connectivity index (χ4n) is 3.13. The first-order valence-corrected chi connectivity index (χ1v) is 11.8. The highest BCUT2D eigenvalue weighted by atomic mass is 32.2. The minimum Gasteiger partial charge on any atom is -0.455 e. The van der Waals surface area contributed by atoms with Gasteiger partial charge in [-0.2, -0.15) is 4.31 Å². The van der Waals surface area contributed by atoms with E-state index >= 15 is 0 Å². The van der Waals surface area contributed by atoms with Gasteiger partial charge in [-0.15, -0.1) is 0 Å². The number of furan rings is 1. The Morgan fingerprint density at radius 2 is 1.97 bits per heavy atom. The lowest BCUT2D eigenvalue weighted by Gasteiger charge is -2.33. The van der Waals surface area contributed by atoms with Gasteiger partial charge in [-0.3, -0.25) is 9.78 Å². The predicted octanol–water partition coefficient (Wildman–Crippen LogP) is 1.85. The van der Waals surface area contributed by atoms with Gasteiger partial charge in [-0.05, 0) is 24.3 Å². The van der Waals surface area contributed by atoms with Gasteiger partial charge in [0.2, 0.25) is 10.0 Å².